The largest absolute Gasteiger partial charge is 0.495 e. The van der Waals surface area contributed by atoms with E-state index < -0.39 is 0 Å². The normalized spacial score (nSPS) is 10.7. The van der Waals surface area contributed by atoms with Gasteiger partial charge in [0.05, 0.1) is 18.6 Å². The van der Waals surface area contributed by atoms with Crippen LogP contribution < -0.4 is 15.6 Å². The van der Waals surface area contributed by atoms with Gasteiger partial charge in [-0.25, -0.2) is 0 Å². The van der Waals surface area contributed by atoms with Gasteiger partial charge in [0.1, 0.15) is 11.9 Å². The first-order valence-electron chi connectivity index (χ1n) is 6.44. The summed E-state index contributed by atoms with van der Waals surface area (Å²) in [4.78, 5) is 24.0. The number of nitrogens with one attached hydrogen (secondary N) is 1. The monoisotopic (exact) mass is 349 g/mol. The van der Waals surface area contributed by atoms with Crippen molar-refractivity contribution in [3.8, 4) is 5.75 Å². The number of benzene rings is 1. The van der Waals surface area contributed by atoms with Gasteiger partial charge in [-0.2, -0.15) is 9.61 Å². The van der Waals surface area contributed by atoms with Crippen LogP contribution in [0.15, 0.2) is 39.6 Å². The number of hydrogen-bond acceptors (Lipinski definition) is 8. The summed E-state index contributed by atoms with van der Waals surface area (Å²) in [5.74, 6) is 0.546. The number of ether oxygens (including phenoxy) is 1. The Morgan fingerprint density at radius 1 is 1.43 bits per heavy atom. The van der Waals surface area contributed by atoms with E-state index in [1.807, 2.05) is 12.1 Å². The number of nitrogens with zero attached hydrogens (tertiary/aromatic N) is 4. The van der Waals surface area contributed by atoms with Crippen LogP contribution in [0, 0.1) is 0 Å². The molecule has 2 aromatic heterocycles. The van der Waals surface area contributed by atoms with Crippen molar-refractivity contribution in [2.75, 3.05) is 18.2 Å². The first kappa shape index (κ1) is 15.4. The fraction of sp³-hybridized carbons (Fsp3) is 0.154. The zero-order valence-corrected chi connectivity index (χ0v) is 13.6. The van der Waals surface area contributed by atoms with Crippen molar-refractivity contribution in [2.45, 2.75) is 4.34 Å². The number of thioether (sulfide) groups is 1. The minimum Gasteiger partial charge on any atom is -0.495 e. The summed E-state index contributed by atoms with van der Waals surface area (Å²) in [6, 6.07) is 7.16. The highest BCUT2D eigenvalue weighted by Crippen LogP contribution is 2.25. The van der Waals surface area contributed by atoms with Crippen LogP contribution in [0.25, 0.3) is 4.96 Å². The minimum atomic E-state index is -0.350. The second kappa shape index (κ2) is 6.75. The van der Waals surface area contributed by atoms with E-state index in [1.165, 1.54) is 23.1 Å². The van der Waals surface area contributed by atoms with Crippen molar-refractivity contribution in [3.63, 3.8) is 0 Å². The number of hydrogen-bond donors (Lipinski definition) is 1. The lowest BCUT2D eigenvalue weighted by Gasteiger charge is -2.08. The molecule has 0 spiro atoms. The zero-order valence-electron chi connectivity index (χ0n) is 11.9. The Balaban J connectivity index is 1.66. The molecule has 0 aliphatic heterocycles. The van der Waals surface area contributed by atoms with Crippen LogP contribution in [0.2, 0.25) is 0 Å². The van der Waals surface area contributed by atoms with Crippen molar-refractivity contribution in [3.05, 3.63) is 40.8 Å². The van der Waals surface area contributed by atoms with Gasteiger partial charge in [-0.3, -0.25) is 9.59 Å². The Bertz CT molecular complexity index is 908. The third kappa shape index (κ3) is 3.48. The summed E-state index contributed by atoms with van der Waals surface area (Å²) < 4.78 is 6.91. The number of fused-ring (bicyclic) bond motifs is 1. The zero-order chi connectivity index (χ0) is 16.2. The van der Waals surface area contributed by atoms with Crippen molar-refractivity contribution in [1.29, 1.82) is 0 Å². The van der Waals surface area contributed by atoms with Gasteiger partial charge in [-0.05, 0) is 12.1 Å². The van der Waals surface area contributed by atoms with Crippen LogP contribution in [0.3, 0.4) is 0 Å². The summed E-state index contributed by atoms with van der Waals surface area (Å²) in [7, 11) is 1.54. The van der Waals surface area contributed by atoms with Crippen molar-refractivity contribution < 1.29 is 9.53 Å². The highest BCUT2D eigenvalue weighted by Gasteiger charge is 2.11. The summed E-state index contributed by atoms with van der Waals surface area (Å²) >= 11 is 2.43. The minimum absolute atomic E-state index is 0.153. The highest BCUT2D eigenvalue weighted by atomic mass is 32.2. The van der Waals surface area contributed by atoms with Gasteiger partial charge in [-0.15, -0.1) is 10.2 Å². The molecule has 2 heterocycles. The van der Waals surface area contributed by atoms with Gasteiger partial charge in [0.2, 0.25) is 10.9 Å². The SMILES string of the molecule is COc1ccccc1NC(=O)CSc1nn2c(=O)cnnc2s1. The van der Waals surface area contributed by atoms with E-state index in [1.54, 1.807) is 19.2 Å². The van der Waals surface area contributed by atoms with Gasteiger partial charge in [0.15, 0.2) is 4.34 Å². The fourth-order valence-corrected chi connectivity index (χ4v) is 3.46. The maximum atomic E-state index is 12.0. The van der Waals surface area contributed by atoms with Crippen molar-refractivity contribution in [1.82, 2.24) is 19.8 Å². The summed E-state index contributed by atoms with van der Waals surface area (Å²) in [5, 5.41) is 14.3. The molecule has 8 nitrogen and oxygen atoms in total. The third-order valence-corrected chi connectivity index (χ3v) is 4.80. The van der Waals surface area contributed by atoms with Crippen LogP contribution in [-0.2, 0) is 4.79 Å². The number of rotatable bonds is 5. The molecule has 10 heteroatoms. The van der Waals surface area contributed by atoms with Crippen LogP contribution in [0.5, 0.6) is 5.75 Å². The number of anilines is 1. The average Bonchev–Trinajstić information content (AvgIpc) is 2.98. The molecule has 1 amide bonds. The molecule has 0 atom stereocenters. The molecule has 3 rings (SSSR count). The van der Waals surface area contributed by atoms with E-state index in [9.17, 15) is 9.59 Å². The second-order valence-corrected chi connectivity index (χ2v) is 6.46. The van der Waals surface area contributed by atoms with E-state index in [4.69, 9.17) is 4.74 Å². The van der Waals surface area contributed by atoms with Gasteiger partial charge >= 0.3 is 0 Å². The van der Waals surface area contributed by atoms with Crippen molar-refractivity contribution in [2.24, 2.45) is 0 Å². The number of methoxy groups -OCH3 is 1. The Kier molecular flexibility index (Phi) is 4.53. The van der Waals surface area contributed by atoms with Crippen LogP contribution in [0.4, 0.5) is 5.69 Å². The molecule has 0 unspecified atom stereocenters. The third-order valence-electron chi connectivity index (χ3n) is 2.77. The molecule has 3 aromatic rings. The molecule has 0 saturated heterocycles. The molecular weight excluding hydrogens is 338 g/mol. The molecule has 1 aromatic carbocycles. The maximum absolute atomic E-state index is 12.0. The molecule has 0 aliphatic carbocycles. The molecule has 0 bridgehead atoms. The lowest BCUT2D eigenvalue weighted by Crippen LogP contribution is -2.15. The lowest BCUT2D eigenvalue weighted by atomic mass is 10.3. The van der Waals surface area contributed by atoms with Crippen LogP contribution >= 0.6 is 23.1 Å². The standard InChI is InChI=1S/C13H11N5O3S2/c1-21-9-5-3-2-4-8(9)15-10(19)7-22-13-17-18-11(20)6-14-16-12(18)23-13/h2-6H,7H2,1H3,(H,15,19). The maximum Gasteiger partial charge on any atom is 0.293 e. The van der Waals surface area contributed by atoms with Crippen LogP contribution in [0.1, 0.15) is 0 Å². The Morgan fingerprint density at radius 2 is 2.26 bits per heavy atom. The van der Waals surface area contributed by atoms with E-state index in [2.05, 4.69) is 20.6 Å². The summed E-state index contributed by atoms with van der Waals surface area (Å²) in [6.07, 6.45) is 1.09. The predicted molar refractivity (Wildman–Crippen MR) is 87.3 cm³/mol. The van der Waals surface area contributed by atoms with Gasteiger partial charge in [0.25, 0.3) is 5.56 Å². The topological polar surface area (TPSA) is 98.5 Å². The molecular formula is C13H11N5O3S2. The van der Waals surface area contributed by atoms with Crippen LogP contribution in [-0.4, -0.2) is 38.6 Å². The molecule has 0 radical (unpaired) electrons. The number of para-hydroxylation sites is 2. The molecule has 23 heavy (non-hydrogen) atoms. The number of carbonyl (C=O) groups excluding carboxylic acids is 1. The quantitative estimate of drug-likeness (QED) is 0.693. The molecule has 0 saturated carbocycles. The first-order chi connectivity index (χ1) is 11.2. The smallest absolute Gasteiger partial charge is 0.293 e. The Morgan fingerprint density at radius 3 is 3.04 bits per heavy atom. The predicted octanol–water partition coefficient (Wildman–Crippen LogP) is 1.29. The van der Waals surface area contributed by atoms with E-state index >= 15 is 0 Å². The Hall–Kier alpha value is -2.46. The lowest BCUT2D eigenvalue weighted by molar-refractivity contribution is -0.113. The number of carbonyl (C=O) groups is 1. The van der Waals surface area contributed by atoms with E-state index in [0.717, 1.165) is 10.7 Å². The number of amides is 1. The first-order valence-corrected chi connectivity index (χ1v) is 8.25. The van der Waals surface area contributed by atoms with E-state index in [-0.39, 0.29) is 17.2 Å². The summed E-state index contributed by atoms with van der Waals surface area (Å²) in [5.41, 5.74) is 0.253. The Labute approximate surface area is 138 Å². The molecule has 118 valence electrons. The second-order valence-electron chi connectivity index (χ2n) is 4.28. The van der Waals surface area contributed by atoms with Crippen molar-refractivity contribution >= 4 is 39.7 Å². The van der Waals surface area contributed by atoms with Gasteiger partial charge in [0, 0.05) is 0 Å². The molecule has 0 fully saturated rings. The number of aromatic nitrogens is 4. The molecule has 1 N–H and O–H groups in total. The average molecular weight is 349 g/mol. The molecule has 0 aliphatic rings. The highest BCUT2D eigenvalue weighted by molar-refractivity contribution is 8.01. The van der Waals surface area contributed by atoms with Gasteiger partial charge < -0.3 is 10.1 Å². The van der Waals surface area contributed by atoms with E-state index in [0.29, 0.717) is 20.7 Å². The fourth-order valence-electron chi connectivity index (χ4n) is 1.77. The van der Waals surface area contributed by atoms with Gasteiger partial charge in [-0.1, -0.05) is 35.2 Å². The summed E-state index contributed by atoms with van der Waals surface area (Å²) in [6.45, 7) is 0.